The van der Waals surface area contributed by atoms with Crippen LogP contribution in [0.2, 0.25) is 0 Å². The molecule has 29 heteroatoms. The lowest BCUT2D eigenvalue weighted by molar-refractivity contribution is -0.146. The molecule has 15 rings (SSSR count). The Kier molecular flexibility index (Phi) is 21.3. The molecular formula is C76H92F9N11O7S2. The summed E-state index contributed by atoms with van der Waals surface area (Å²) < 4.78 is 180. The molecule has 1 N–H and O–H groups in total. The van der Waals surface area contributed by atoms with Gasteiger partial charge < -0.3 is 28.4 Å². The van der Waals surface area contributed by atoms with E-state index in [9.17, 15) is 70.7 Å². The van der Waals surface area contributed by atoms with Crippen molar-refractivity contribution in [2.45, 2.75) is 162 Å². The fraction of sp³-hybridized carbons (Fsp3) is 0.487. The summed E-state index contributed by atoms with van der Waals surface area (Å²) in [6, 6.07) is 36.7. The van der Waals surface area contributed by atoms with E-state index in [4.69, 9.17) is 0 Å². The van der Waals surface area contributed by atoms with Crippen LogP contribution in [-0.2, 0) is 74.8 Å². The third-order valence-electron chi connectivity index (χ3n) is 23.0. The average Bonchev–Trinajstić information content (AvgIpc) is 1.28. The number of benzene rings is 4. The first-order chi connectivity index (χ1) is 49.2. The van der Waals surface area contributed by atoms with E-state index < -0.39 is 72.3 Å². The number of fused-ring (bicyclic) bond motifs is 6. The van der Waals surface area contributed by atoms with Crippen LogP contribution in [0.5, 0.6) is 0 Å². The number of alkyl halides is 9. The number of halogens is 9. The number of aryl methyl sites for hydroxylation is 1. The van der Waals surface area contributed by atoms with Crippen molar-refractivity contribution in [3.05, 3.63) is 190 Å². The quantitative estimate of drug-likeness (QED) is 0.130. The molecule has 6 aliphatic heterocycles. The van der Waals surface area contributed by atoms with Crippen LogP contribution in [0.3, 0.4) is 0 Å². The fourth-order valence-corrected chi connectivity index (χ4v) is 19.3. The Balaban J connectivity index is 0.000000158. The summed E-state index contributed by atoms with van der Waals surface area (Å²) >= 11 is 0. The second-order valence-corrected chi connectivity index (χ2v) is 32.8. The Hall–Kier alpha value is -7.80. The lowest BCUT2D eigenvalue weighted by Crippen LogP contribution is -2.62. The van der Waals surface area contributed by atoms with Gasteiger partial charge in [-0.05, 0) is 187 Å². The van der Waals surface area contributed by atoms with Gasteiger partial charge in [0.1, 0.15) is 17.1 Å². The van der Waals surface area contributed by atoms with Gasteiger partial charge in [0.15, 0.2) is 0 Å². The Morgan fingerprint density at radius 3 is 1.34 bits per heavy atom. The van der Waals surface area contributed by atoms with E-state index >= 15 is 0 Å². The number of hydrogen-bond donors (Lipinski definition) is 1. The van der Waals surface area contributed by atoms with Gasteiger partial charge in [-0.3, -0.25) is 29.1 Å². The number of hydrogen-bond acceptors (Lipinski definition) is 10. The third kappa shape index (κ3) is 14.6. The summed E-state index contributed by atoms with van der Waals surface area (Å²) in [6.07, 6.45) is -4.88. The van der Waals surface area contributed by atoms with Gasteiger partial charge in [-0.15, -0.1) is 0 Å². The summed E-state index contributed by atoms with van der Waals surface area (Å²) in [5, 5.41) is 0. The summed E-state index contributed by atoms with van der Waals surface area (Å²) in [5.41, 5.74) is 2.51. The molecule has 7 aromatic rings. The van der Waals surface area contributed by atoms with Gasteiger partial charge in [-0.1, -0.05) is 62.4 Å². The second kappa shape index (κ2) is 29.1. The predicted molar refractivity (Wildman–Crippen MR) is 381 cm³/mol. The SMILES string of the molecule is C.CN1CCn2c(C(F)(F)F)ccc2C12CCN(C(=O)c1ccccc1-c1ccccc1)CC2.Cc1cc(C(=O)N2CCC3(CC2)c2ccc(C(F)(F)F)n2CCN3C)ccc1S(=O)(=O)N(C)C.O=C(c1ccc(S(=O)(=O)NC2CC2)cc1)N1CCC2(CC1)c1ccc(C(F)(F)F)n1CCN2C1CCC1.[HH]. The van der Waals surface area contributed by atoms with Crippen LogP contribution < -0.4 is 4.72 Å². The van der Waals surface area contributed by atoms with Crippen molar-refractivity contribution in [3.8, 4) is 11.1 Å². The lowest BCUT2D eigenvalue weighted by atomic mass is 9.77. The molecule has 18 nitrogen and oxygen atoms in total. The minimum atomic E-state index is -4.41. The number of amides is 3. The molecule has 3 saturated heterocycles. The monoisotopic (exact) mass is 1510 g/mol. The third-order valence-corrected chi connectivity index (χ3v) is 26.5. The predicted octanol–water partition coefficient (Wildman–Crippen LogP) is 13.2. The number of carbonyl (C=O) groups is 3. The number of rotatable bonds is 10. The van der Waals surface area contributed by atoms with Crippen LogP contribution in [0.4, 0.5) is 39.5 Å². The van der Waals surface area contributed by atoms with Gasteiger partial charge in [-0.2, -0.15) is 39.5 Å². The second-order valence-electron chi connectivity index (χ2n) is 29.0. The summed E-state index contributed by atoms with van der Waals surface area (Å²) in [7, 11) is -0.403. The largest absolute Gasteiger partial charge is 0.431 e. The normalized spacial score (nSPS) is 19.9. The Morgan fingerprint density at radius 1 is 0.486 bits per heavy atom. The molecule has 8 aliphatic rings. The van der Waals surface area contributed by atoms with Crippen molar-refractivity contribution in [3.63, 3.8) is 0 Å². The van der Waals surface area contributed by atoms with Gasteiger partial charge in [0.25, 0.3) is 17.7 Å². The minimum absolute atomic E-state index is 0. The summed E-state index contributed by atoms with van der Waals surface area (Å²) in [6.45, 7) is 6.85. The van der Waals surface area contributed by atoms with Crippen molar-refractivity contribution in [1.29, 1.82) is 0 Å². The van der Waals surface area contributed by atoms with Crippen LogP contribution in [0.15, 0.2) is 143 Å². The molecule has 0 bridgehead atoms. The van der Waals surface area contributed by atoms with Crippen molar-refractivity contribution in [2.24, 2.45) is 0 Å². The number of piperidine rings is 3. The zero-order chi connectivity index (χ0) is 74.3. The zero-order valence-corrected chi connectivity index (χ0v) is 60.3. The minimum Gasteiger partial charge on any atom is -0.338 e. The van der Waals surface area contributed by atoms with Crippen LogP contribution in [-0.4, -0.2) is 181 Å². The molecule has 3 amide bonds. The summed E-state index contributed by atoms with van der Waals surface area (Å²) in [4.78, 5) is 52.2. The van der Waals surface area contributed by atoms with E-state index in [1.165, 1.54) is 76.3 Å². The van der Waals surface area contributed by atoms with Gasteiger partial charge in [0, 0.05) is 140 Å². The molecule has 3 aromatic heterocycles. The first-order valence-electron chi connectivity index (χ1n) is 35.4. The molecule has 9 heterocycles. The number of nitrogens with one attached hydrogen (secondary N) is 1. The van der Waals surface area contributed by atoms with Crippen molar-refractivity contribution in [1.82, 2.24) is 52.1 Å². The molecular weight excluding hydrogens is 1410 g/mol. The molecule has 0 radical (unpaired) electrons. The molecule has 4 aromatic carbocycles. The Morgan fingerprint density at radius 2 is 0.905 bits per heavy atom. The highest BCUT2D eigenvalue weighted by Gasteiger charge is 2.53. The van der Waals surface area contributed by atoms with Gasteiger partial charge in [-0.25, -0.2) is 25.9 Å². The standard InChI is InChI=1S/C26H31F3N4O3S.C26H26F3N3O.C23H29F3N4O3S.CH4.H2/c27-26(28,29)23-11-10-22-25(33(17-16-32(22)23)20-2-1-3-20)12-14-31(15-13-25)24(34)18-4-8-21(9-5-18)37(35,36)30-19-6-7-19;1-30-17-18-32-22(11-12-23(32)26(27,28)29)25(30)13-15-31(16-14-25)24(33)21-10-6-5-9-20(21)19-7-3-2-4-8-19;1-16-15-17(5-6-18(16)34(32,33)27(2)3)21(31)29-11-9-22(10-12-29)19-7-8-20(23(24,25)26)30(19)14-13-28(22)4;;/h4-5,8-11,19-20,30H,1-3,6-7,12-17H2;2-12H,13-18H2,1H3;5-8,15H,9-14H2,1-4H3;1H4;1H. The number of likely N-dealkylation sites (N-methyl/N-ethyl adjacent to an activating group) is 2. The molecule has 2 aliphatic carbocycles. The first-order valence-corrected chi connectivity index (χ1v) is 38.3. The van der Waals surface area contributed by atoms with E-state index in [1.54, 1.807) is 41.0 Å². The smallest absolute Gasteiger partial charge is 0.338 e. The molecule has 0 unspecified atom stereocenters. The Bertz CT molecular complexity index is 4590. The van der Waals surface area contributed by atoms with E-state index in [-0.39, 0.29) is 49.0 Å². The zero-order valence-electron chi connectivity index (χ0n) is 58.7. The number of carbonyl (C=O) groups excluding carboxylic acids is 3. The Labute approximate surface area is 608 Å². The molecule has 105 heavy (non-hydrogen) atoms. The number of sulfonamides is 2. The average molecular weight is 1510 g/mol. The van der Waals surface area contributed by atoms with E-state index in [2.05, 4.69) is 19.4 Å². The first kappa shape index (κ1) is 76.8. The maximum atomic E-state index is 13.7. The fourth-order valence-electron chi connectivity index (χ4n) is 16.9. The molecule has 0 atom stereocenters. The molecule has 3 spiro atoms. The van der Waals surface area contributed by atoms with Gasteiger partial charge in [0.2, 0.25) is 20.0 Å². The van der Waals surface area contributed by atoms with Crippen LogP contribution in [0, 0.1) is 6.92 Å². The highest BCUT2D eigenvalue weighted by molar-refractivity contribution is 7.89. The maximum absolute atomic E-state index is 13.7. The van der Waals surface area contributed by atoms with E-state index in [1.807, 2.05) is 73.6 Å². The van der Waals surface area contributed by atoms with Gasteiger partial charge >= 0.3 is 18.5 Å². The van der Waals surface area contributed by atoms with E-state index in [0.29, 0.717) is 156 Å². The molecule has 2 saturated carbocycles. The van der Waals surface area contributed by atoms with Crippen LogP contribution in [0.25, 0.3) is 11.1 Å². The topological polar surface area (TPSA) is 169 Å². The number of aromatic nitrogens is 3. The summed E-state index contributed by atoms with van der Waals surface area (Å²) in [5.74, 6) is -0.433. The lowest BCUT2D eigenvalue weighted by Gasteiger charge is -2.56. The highest BCUT2D eigenvalue weighted by atomic mass is 32.2. The van der Waals surface area contributed by atoms with Crippen LogP contribution >= 0.6 is 0 Å². The number of nitrogens with zero attached hydrogens (tertiary/aromatic N) is 10. The van der Waals surface area contributed by atoms with Gasteiger partial charge in [0.05, 0.1) is 26.4 Å². The van der Waals surface area contributed by atoms with Crippen molar-refractivity contribution in [2.75, 3.05) is 87.1 Å². The van der Waals surface area contributed by atoms with Crippen molar-refractivity contribution < 1.29 is 72.2 Å². The molecule has 568 valence electrons. The maximum Gasteiger partial charge on any atom is 0.431 e. The number of likely N-dealkylation sites (tertiary alicyclic amines) is 3. The van der Waals surface area contributed by atoms with E-state index in [0.717, 1.165) is 53.6 Å². The van der Waals surface area contributed by atoms with Crippen molar-refractivity contribution >= 4 is 37.8 Å². The van der Waals surface area contributed by atoms with Crippen LogP contribution in [0.1, 0.15) is 150 Å². The molecule has 5 fully saturated rings. The highest BCUT2D eigenvalue weighted by Crippen LogP contribution is 2.50.